The molecule has 2 aromatic rings. The van der Waals surface area contributed by atoms with Crippen molar-refractivity contribution in [3.8, 4) is 0 Å². The van der Waals surface area contributed by atoms with Crippen molar-refractivity contribution < 1.29 is 9.59 Å². The van der Waals surface area contributed by atoms with Gasteiger partial charge in [-0.1, -0.05) is 24.3 Å². The number of rotatable bonds is 5. The van der Waals surface area contributed by atoms with Crippen LogP contribution in [0.2, 0.25) is 0 Å². The maximum atomic E-state index is 12.4. The zero-order valence-electron chi connectivity index (χ0n) is 14.0. The van der Waals surface area contributed by atoms with E-state index in [0.29, 0.717) is 25.9 Å². The number of pyridine rings is 1. The highest BCUT2D eigenvalue weighted by molar-refractivity contribution is 5.94. The van der Waals surface area contributed by atoms with Gasteiger partial charge in [0.15, 0.2) is 0 Å². The molecule has 1 fully saturated rings. The maximum Gasteiger partial charge on any atom is 0.322 e. The van der Waals surface area contributed by atoms with E-state index in [-0.39, 0.29) is 11.9 Å². The van der Waals surface area contributed by atoms with Crippen LogP contribution in [0.25, 0.3) is 0 Å². The van der Waals surface area contributed by atoms with E-state index in [9.17, 15) is 9.59 Å². The van der Waals surface area contributed by atoms with Crippen LogP contribution in [0.3, 0.4) is 0 Å². The van der Waals surface area contributed by atoms with E-state index < -0.39 is 6.04 Å². The predicted molar refractivity (Wildman–Crippen MR) is 96.1 cm³/mol. The van der Waals surface area contributed by atoms with Crippen molar-refractivity contribution in [3.63, 3.8) is 0 Å². The average molecular weight is 338 g/mol. The van der Waals surface area contributed by atoms with Crippen LogP contribution < -0.4 is 10.6 Å². The molecule has 0 bridgehead atoms. The number of carbonyl (C=O) groups is 2. The summed E-state index contributed by atoms with van der Waals surface area (Å²) < 4.78 is 0. The van der Waals surface area contributed by atoms with Crippen molar-refractivity contribution in [2.75, 3.05) is 18.4 Å². The minimum atomic E-state index is -0.410. The van der Waals surface area contributed by atoms with Gasteiger partial charge >= 0.3 is 6.03 Å². The van der Waals surface area contributed by atoms with E-state index in [4.69, 9.17) is 0 Å². The molecule has 1 aliphatic heterocycles. The Hall–Kier alpha value is -2.89. The first-order chi connectivity index (χ1) is 12.2. The summed E-state index contributed by atoms with van der Waals surface area (Å²) >= 11 is 0. The Morgan fingerprint density at radius 3 is 2.68 bits per heavy atom. The average Bonchev–Trinajstić information content (AvgIpc) is 3.13. The molecular formula is C19H22N4O2. The molecule has 3 rings (SSSR count). The lowest BCUT2D eigenvalue weighted by atomic mass is 10.2. The molecule has 0 radical (unpaired) electrons. The summed E-state index contributed by atoms with van der Waals surface area (Å²) in [6.07, 6.45) is 3.94. The highest BCUT2D eigenvalue weighted by atomic mass is 16.2. The van der Waals surface area contributed by atoms with Crippen molar-refractivity contribution in [2.45, 2.75) is 25.3 Å². The third-order valence-electron chi connectivity index (χ3n) is 4.25. The molecule has 1 aromatic heterocycles. The number of benzene rings is 1. The molecule has 1 aromatic carbocycles. The molecule has 130 valence electrons. The number of aromatic nitrogens is 1. The normalized spacial score (nSPS) is 16.5. The first-order valence-electron chi connectivity index (χ1n) is 8.54. The molecule has 1 atom stereocenters. The summed E-state index contributed by atoms with van der Waals surface area (Å²) in [5.41, 5.74) is 1.67. The minimum absolute atomic E-state index is 0.100. The Labute approximate surface area is 147 Å². The van der Waals surface area contributed by atoms with Gasteiger partial charge in [0.25, 0.3) is 0 Å². The standard InChI is InChI=1S/C19H22N4O2/c24-18(21-13-11-15-7-4-5-12-20-15)17-10-6-14-23(17)19(25)22-16-8-2-1-3-9-16/h1-5,7-9,12,17H,6,10-11,13-14H2,(H,21,24)(H,22,25)/t17-/m1/s1. The number of amides is 3. The number of hydrogen-bond acceptors (Lipinski definition) is 3. The molecule has 1 aliphatic rings. The van der Waals surface area contributed by atoms with Crippen LogP contribution in [0.1, 0.15) is 18.5 Å². The number of likely N-dealkylation sites (tertiary alicyclic amines) is 1. The number of anilines is 1. The van der Waals surface area contributed by atoms with Crippen LogP contribution in [0, 0.1) is 0 Å². The van der Waals surface area contributed by atoms with E-state index in [1.807, 2.05) is 48.5 Å². The van der Waals surface area contributed by atoms with Crippen LogP contribution in [-0.2, 0) is 11.2 Å². The number of carbonyl (C=O) groups excluding carboxylic acids is 2. The second-order valence-corrected chi connectivity index (χ2v) is 6.01. The van der Waals surface area contributed by atoms with Gasteiger partial charge in [-0.3, -0.25) is 9.78 Å². The molecule has 1 saturated heterocycles. The minimum Gasteiger partial charge on any atom is -0.354 e. The third kappa shape index (κ3) is 4.56. The lowest BCUT2D eigenvalue weighted by Gasteiger charge is -2.24. The second kappa shape index (κ2) is 8.28. The third-order valence-corrected chi connectivity index (χ3v) is 4.25. The number of urea groups is 1. The fraction of sp³-hybridized carbons (Fsp3) is 0.316. The molecule has 6 heteroatoms. The summed E-state index contributed by atoms with van der Waals surface area (Å²) in [4.78, 5) is 30.8. The Bertz CT molecular complexity index is 706. The van der Waals surface area contributed by atoms with Gasteiger partial charge in [0.2, 0.25) is 5.91 Å². The fourth-order valence-corrected chi connectivity index (χ4v) is 2.98. The van der Waals surface area contributed by atoms with Crippen LogP contribution >= 0.6 is 0 Å². The molecule has 6 nitrogen and oxygen atoms in total. The summed E-state index contributed by atoms with van der Waals surface area (Å²) in [7, 11) is 0. The SMILES string of the molecule is O=C(NCCc1ccccn1)[C@H]1CCCN1C(=O)Nc1ccccc1. The highest BCUT2D eigenvalue weighted by Gasteiger charge is 2.33. The molecule has 0 spiro atoms. The molecular weight excluding hydrogens is 316 g/mol. The highest BCUT2D eigenvalue weighted by Crippen LogP contribution is 2.19. The molecule has 0 saturated carbocycles. The van der Waals surface area contributed by atoms with Gasteiger partial charge in [-0.25, -0.2) is 4.79 Å². The lowest BCUT2D eigenvalue weighted by molar-refractivity contribution is -0.124. The Balaban J connectivity index is 1.51. The maximum absolute atomic E-state index is 12.4. The lowest BCUT2D eigenvalue weighted by Crippen LogP contribution is -2.47. The van der Waals surface area contributed by atoms with Gasteiger partial charge in [-0.2, -0.15) is 0 Å². The van der Waals surface area contributed by atoms with Crippen molar-refractivity contribution in [2.24, 2.45) is 0 Å². The van der Waals surface area contributed by atoms with Gasteiger partial charge < -0.3 is 15.5 Å². The Morgan fingerprint density at radius 1 is 1.12 bits per heavy atom. The van der Waals surface area contributed by atoms with Gasteiger partial charge in [-0.15, -0.1) is 0 Å². The van der Waals surface area contributed by atoms with Crippen molar-refractivity contribution in [3.05, 3.63) is 60.4 Å². The topological polar surface area (TPSA) is 74.3 Å². The van der Waals surface area contributed by atoms with Crippen LogP contribution in [0.15, 0.2) is 54.7 Å². The summed E-state index contributed by atoms with van der Waals surface area (Å²) in [5, 5.41) is 5.77. The van der Waals surface area contributed by atoms with Gasteiger partial charge in [-0.05, 0) is 37.1 Å². The number of nitrogens with zero attached hydrogens (tertiary/aromatic N) is 2. The molecule has 2 heterocycles. The largest absolute Gasteiger partial charge is 0.354 e. The van der Waals surface area contributed by atoms with E-state index in [1.165, 1.54) is 0 Å². The summed E-state index contributed by atoms with van der Waals surface area (Å²) in [6, 6.07) is 14.4. The quantitative estimate of drug-likeness (QED) is 0.879. The smallest absolute Gasteiger partial charge is 0.322 e. The zero-order chi connectivity index (χ0) is 17.5. The van der Waals surface area contributed by atoms with Crippen LogP contribution in [-0.4, -0.2) is 41.0 Å². The van der Waals surface area contributed by atoms with Gasteiger partial charge in [0.05, 0.1) is 0 Å². The van der Waals surface area contributed by atoms with Gasteiger partial charge in [0, 0.05) is 37.1 Å². The van der Waals surface area contributed by atoms with Crippen molar-refractivity contribution in [1.29, 1.82) is 0 Å². The number of hydrogen-bond donors (Lipinski definition) is 2. The van der Waals surface area contributed by atoms with E-state index in [2.05, 4.69) is 15.6 Å². The van der Waals surface area contributed by atoms with Crippen molar-refractivity contribution >= 4 is 17.6 Å². The molecule has 0 unspecified atom stereocenters. The molecule has 3 amide bonds. The number of para-hydroxylation sites is 1. The van der Waals surface area contributed by atoms with Gasteiger partial charge in [0.1, 0.15) is 6.04 Å². The summed E-state index contributed by atoms with van der Waals surface area (Å²) in [6.45, 7) is 1.11. The van der Waals surface area contributed by atoms with E-state index in [1.54, 1.807) is 11.1 Å². The first-order valence-corrected chi connectivity index (χ1v) is 8.54. The molecule has 2 N–H and O–H groups in total. The van der Waals surface area contributed by atoms with Crippen molar-refractivity contribution in [1.82, 2.24) is 15.2 Å². The monoisotopic (exact) mass is 338 g/mol. The Morgan fingerprint density at radius 2 is 1.92 bits per heavy atom. The first kappa shape index (κ1) is 17.0. The zero-order valence-corrected chi connectivity index (χ0v) is 14.0. The molecule has 0 aliphatic carbocycles. The Kier molecular flexibility index (Phi) is 5.61. The summed E-state index contributed by atoms with van der Waals surface area (Å²) in [5.74, 6) is -0.100. The molecule has 25 heavy (non-hydrogen) atoms. The predicted octanol–water partition coefficient (Wildman–Crippen LogP) is 2.44. The van der Waals surface area contributed by atoms with E-state index in [0.717, 1.165) is 17.8 Å². The number of nitrogens with one attached hydrogen (secondary N) is 2. The van der Waals surface area contributed by atoms with Crippen LogP contribution in [0.5, 0.6) is 0 Å². The van der Waals surface area contributed by atoms with Crippen LogP contribution in [0.4, 0.5) is 10.5 Å². The second-order valence-electron chi connectivity index (χ2n) is 6.01. The fourth-order valence-electron chi connectivity index (χ4n) is 2.98. The van der Waals surface area contributed by atoms with E-state index >= 15 is 0 Å².